The number of amides is 1. The molecular weight excluding hydrogens is 444 g/mol. The molecule has 0 radical (unpaired) electrons. The molecule has 0 spiro atoms. The second kappa shape index (κ2) is 10.0. The van der Waals surface area contributed by atoms with Crippen LogP contribution in [0.5, 0.6) is 0 Å². The van der Waals surface area contributed by atoms with E-state index in [-0.39, 0.29) is 11.6 Å². The number of ether oxygens (including phenoxy) is 1. The van der Waals surface area contributed by atoms with Gasteiger partial charge in [-0.2, -0.15) is 0 Å². The fraction of sp³-hybridized carbons (Fsp3) is 0.318. The third-order valence-electron chi connectivity index (χ3n) is 5.17. The van der Waals surface area contributed by atoms with Crippen molar-refractivity contribution >= 4 is 35.0 Å². The van der Waals surface area contributed by atoms with Crippen molar-refractivity contribution in [3.63, 3.8) is 0 Å². The van der Waals surface area contributed by atoms with Gasteiger partial charge in [0.15, 0.2) is 5.16 Å². The first kappa shape index (κ1) is 22.7. The third kappa shape index (κ3) is 5.32. The van der Waals surface area contributed by atoms with E-state index < -0.39 is 10.2 Å². The fourth-order valence-electron chi connectivity index (χ4n) is 3.42. The number of hydrogen-bond donors (Lipinski definition) is 1. The summed E-state index contributed by atoms with van der Waals surface area (Å²) in [7, 11) is 0. The molecule has 3 aromatic rings. The molecule has 1 aromatic heterocycles. The van der Waals surface area contributed by atoms with E-state index >= 15 is 0 Å². The molecule has 1 saturated heterocycles. The number of morpholine rings is 1. The van der Waals surface area contributed by atoms with Gasteiger partial charge in [0.2, 0.25) is 11.9 Å². The lowest BCUT2D eigenvalue weighted by atomic mass is 10.2. The Labute approximate surface area is 195 Å². The second-order valence-electron chi connectivity index (χ2n) is 7.61. The summed E-state index contributed by atoms with van der Waals surface area (Å²) < 4.78 is 7.44. The van der Waals surface area contributed by atoms with Crippen molar-refractivity contribution in [2.24, 2.45) is 0 Å². The number of carbonyl (C=O) groups excluding carboxylic acids is 1. The minimum Gasteiger partial charge on any atom is -0.378 e. The smallest absolute Gasteiger partial charge is 0.269 e. The minimum atomic E-state index is -0.481. The molecule has 10 nitrogen and oxygen atoms in total. The molecule has 1 atom stereocenters. The van der Waals surface area contributed by atoms with E-state index in [1.807, 2.05) is 29.7 Å². The highest BCUT2D eigenvalue weighted by Crippen LogP contribution is 2.30. The van der Waals surface area contributed by atoms with E-state index in [0.29, 0.717) is 37.1 Å². The van der Waals surface area contributed by atoms with Crippen LogP contribution in [0.4, 0.5) is 17.3 Å². The monoisotopic (exact) mass is 468 g/mol. The Bertz CT molecular complexity index is 1140. The van der Waals surface area contributed by atoms with Crippen molar-refractivity contribution in [1.29, 1.82) is 0 Å². The van der Waals surface area contributed by atoms with E-state index in [9.17, 15) is 14.9 Å². The van der Waals surface area contributed by atoms with E-state index in [4.69, 9.17) is 4.74 Å². The van der Waals surface area contributed by atoms with Crippen molar-refractivity contribution in [2.75, 3.05) is 36.5 Å². The lowest BCUT2D eigenvalue weighted by Crippen LogP contribution is -2.38. The highest BCUT2D eigenvalue weighted by molar-refractivity contribution is 8.00. The van der Waals surface area contributed by atoms with Gasteiger partial charge in [0, 0.05) is 30.9 Å². The van der Waals surface area contributed by atoms with Crippen molar-refractivity contribution in [3.8, 4) is 5.69 Å². The SMILES string of the molecule is Cc1cccc(-n2c(SC(C)C(=O)Nc3ccc([N+](=O)[O-])cc3)nnc2N2CCOCC2)c1. The number of aryl methyl sites for hydroxylation is 1. The molecule has 0 bridgehead atoms. The number of aromatic nitrogens is 3. The number of non-ortho nitro benzene ring substituents is 1. The normalized spacial score (nSPS) is 14.7. The molecule has 1 amide bonds. The fourth-order valence-corrected chi connectivity index (χ4v) is 4.28. The standard InChI is InChI=1S/C22H24N6O4S/c1-15-4-3-5-19(14-15)27-21(26-10-12-32-13-11-26)24-25-22(27)33-16(2)20(29)23-17-6-8-18(9-7-17)28(30)31/h3-9,14,16H,10-13H2,1-2H3,(H,23,29). The highest BCUT2D eigenvalue weighted by Gasteiger charge is 2.25. The molecule has 172 valence electrons. The summed E-state index contributed by atoms with van der Waals surface area (Å²) in [5.74, 6) is 0.481. The number of benzene rings is 2. The van der Waals surface area contributed by atoms with Crippen LogP contribution < -0.4 is 10.2 Å². The average Bonchev–Trinajstić information content (AvgIpc) is 3.23. The van der Waals surface area contributed by atoms with Gasteiger partial charge in [0.1, 0.15) is 0 Å². The van der Waals surface area contributed by atoms with Crippen LogP contribution in [0.15, 0.2) is 53.7 Å². The summed E-state index contributed by atoms with van der Waals surface area (Å²) in [6, 6.07) is 13.8. The van der Waals surface area contributed by atoms with Crippen molar-refractivity contribution in [1.82, 2.24) is 14.8 Å². The summed E-state index contributed by atoms with van der Waals surface area (Å²) in [5, 5.41) is 22.6. The Hall–Kier alpha value is -3.44. The molecule has 1 fully saturated rings. The molecule has 0 saturated carbocycles. The molecule has 4 rings (SSSR count). The largest absolute Gasteiger partial charge is 0.378 e. The molecule has 0 aliphatic carbocycles. The van der Waals surface area contributed by atoms with E-state index in [1.54, 1.807) is 6.92 Å². The third-order valence-corrected chi connectivity index (χ3v) is 6.21. The first-order chi connectivity index (χ1) is 15.9. The van der Waals surface area contributed by atoms with Gasteiger partial charge in [-0.15, -0.1) is 10.2 Å². The van der Waals surface area contributed by atoms with Crippen LogP contribution >= 0.6 is 11.8 Å². The van der Waals surface area contributed by atoms with E-state index in [1.165, 1.54) is 36.0 Å². The number of thioether (sulfide) groups is 1. The number of rotatable bonds is 7. The van der Waals surface area contributed by atoms with Crippen molar-refractivity contribution in [2.45, 2.75) is 24.3 Å². The number of nitro groups is 1. The molecule has 1 N–H and O–H groups in total. The van der Waals surface area contributed by atoms with Gasteiger partial charge in [0.05, 0.1) is 29.1 Å². The quantitative estimate of drug-likeness (QED) is 0.319. The van der Waals surface area contributed by atoms with Gasteiger partial charge in [0.25, 0.3) is 5.69 Å². The molecule has 2 heterocycles. The Balaban J connectivity index is 1.55. The molecule has 1 unspecified atom stereocenters. The predicted octanol–water partition coefficient (Wildman–Crippen LogP) is 3.44. The van der Waals surface area contributed by atoms with Crippen molar-refractivity contribution in [3.05, 3.63) is 64.2 Å². The Morgan fingerprint density at radius 3 is 2.58 bits per heavy atom. The number of nitrogens with zero attached hydrogens (tertiary/aromatic N) is 5. The van der Waals surface area contributed by atoms with Crippen LogP contribution in [-0.4, -0.2) is 57.1 Å². The zero-order valence-corrected chi connectivity index (χ0v) is 19.1. The molecule has 11 heteroatoms. The number of anilines is 2. The van der Waals surface area contributed by atoms with Gasteiger partial charge in [-0.3, -0.25) is 19.5 Å². The topological polar surface area (TPSA) is 115 Å². The maximum absolute atomic E-state index is 12.8. The zero-order chi connectivity index (χ0) is 23.4. The van der Waals surface area contributed by atoms with Crippen LogP contribution in [0.25, 0.3) is 5.69 Å². The zero-order valence-electron chi connectivity index (χ0n) is 18.3. The summed E-state index contributed by atoms with van der Waals surface area (Å²) in [6.45, 7) is 6.48. The van der Waals surface area contributed by atoms with Crippen LogP contribution in [0.2, 0.25) is 0 Å². The number of hydrogen-bond acceptors (Lipinski definition) is 8. The maximum Gasteiger partial charge on any atom is 0.269 e. The molecule has 33 heavy (non-hydrogen) atoms. The van der Waals surface area contributed by atoms with Crippen LogP contribution in [0, 0.1) is 17.0 Å². The van der Waals surface area contributed by atoms with Gasteiger partial charge < -0.3 is 15.0 Å². The molecular formula is C22H24N6O4S. The second-order valence-corrected chi connectivity index (χ2v) is 8.92. The van der Waals surface area contributed by atoms with Crippen LogP contribution in [0.1, 0.15) is 12.5 Å². The Morgan fingerprint density at radius 1 is 1.18 bits per heavy atom. The minimum absolute atomic E-state index is 0.0303. The number of nitrogens with one attached hydrogen (secondary N) is 1. The molecule has 2 aromatic carbocycles. The lowest BCUT2D eigenvalue weighted by Gasteiger charge is -2.28. The number of carbonyl (C=O) groups is 1. The van der Waals surface area contributed by atoms with Gasteiger partial charge >= 0.3 is 0 Å². The van der Waals surface area contributed by atoms with Gasteiger partial charge in [-0.25, -0.2) is 0 Å². The van der Waals surface area contributed by atoms with E-state index in [2.05, 4.69) is 26.5 Å². The molecule has 1 aliphatic heterocycles. The van der Waals surface area contributed by atoms with Gasteiger partial charge in [-0.1, -0.05) is 23.9 Å². The van der Waals surface area contributed by atoms with Crippen molar-refractivity contribution < 1.29 is 14.5 Å². The van der Waals surface area contributed by atoms with Gasteiger partial charge in [-0.05, 0) is 43.7 Å². The lowest BCUT2D eigenvalue weighted by molar-refractivity contribution is -0.384. The maximum atomic E-state index is 12.8. The summed E-state index contributed by atoms with van der Waals surface area (Å²) in [5.41, 5.74) is 2.49. The van der Waals surface area contributed by atoms with E-state index in [0.717, 1.165) is 17.2 Å². The average molecular weight is 469 g/mol. The number of nitro benzene ring substituents is 1. The van der Waals surface area contributed by atoms with Crippen LogP contribution in [0.3, 0.4) is 0 Å². The first-order valence-corrected chi connectivity index (χ1v) is 11.4. The molecule has 1 aliphatic rings. The predicted molar refractivity (Wildman–Crippen MR) is 126 cm³/mol. The Kier molecular flexibility index (Phi) is 6.90. The Morgan fingerprint density at radius 2 is 1.91 bits per heavy atom. The summed E-state index contributed by atoms with van der Waals surface area (Å²) in [4.78, 5) is 25.3. The van der Waals surface area contributed by atoms with Crippen LogP contribution in [-0.2, 0) is 9.53 Å². The first-order valence-electron chi connectivity index (χ1n) is 10.5. The highest BCUT2D eigenvalue weighted by atomic mass is 32.2. The summed E-state index contributed by atoms with van der Waals surface area (Å²) >= 11 is 1.30. The summed E-state index contributed by atoms with van der Waals surface area (Å²) in [6.07, 6.45) is 0.